The van der Waals surface area contributed by atoms with Crippen LogP contribution in [0.2, 0.25) is 0 Å². The summed E-state index contributed by atoms with van der Waals surface area (Å²) in [6.45, 7) is 4.60. The average Bonchev–Trinajstić information content (AvgIpc) is 3.22. The lowest BCUT2D eigenvalue weighted by molar-refractivity contribution is -0.119. The molecule has 1 amide bonds. The normalized spacial score (nSPS) is 14.9. The van der Waals surface area contributed by atoms with Crippen molar-refractivity contribution in [1.29, 1.82) is 0 Å². The molecule has 1 aliphatic heterocycles. The van der Waals surface area contributed by atoms with Gasteiger partial charge in [-0.2, -0.15) is 0 Å². The number of thiophene rings is 1. The highest BCUT2D eigenvalue weighted by atomic mass is 32.1. The van der Waals surface area contributed by atoms with Gasteiger partial charge in [0.2, 0.25) is 5.91 Å². The number of piperidine rings is 1. The molecule has 2 aromatic heterocycles. The number of ether oxygens (including phenoxy) is 1. The Morgan fingerprint density at radius 2 is 2.00 bits per heavy atom. The van der Waals surface area contributed by atoms with E-state index < -0.39 is 0 Å². The molecule has 152 valence electrons. The third-order valence-corrected chi connectivity index (χ3v) is 6.17. The second kappa shape index (κ2) is 9.22. The van der Waals surface area contributed by atoms with Gasteiger partial charge in [0.25, 0.3) is 0 Å². The standard InChI is InChI=1S/C22H26N4O2S/c1-16(27)23-9-12-28-19-4-2-17(3-5-19)14-18-6-10-26(11-7-18)21-20-8-13-29-22(20)25-15-24-21/h2-5,8,13,15,18H,6-7,9-12,14H2,1H3,(H,23,27). The number of fused-ring (bicyclic) bond motifs is 1. The van der Waals surface area contributed by atoms with Gasteiger partial charge < -0.3 is 15.0 Å². The molecule has 1 N–H and O–H groups in total. The molecule has 1 aromatic carbocycles. The number of benzene rings is 1. The zero-order valence-electron chi connectivity index (χ0n) is 16.6. The Balaban J connectivity index is 1.26. The summed E-state index contributed by atoms with van der Waals surface area (Å²) >= 11 is 1.67. The lowest BCUT2D eigenvalue weighted by Gasteiger charge is -2.33. The number of nitrogens with zero attached hydrogens (tertiary/aromatic N) is 3. The molecule has 0 radical (unpaired) electrons. The maximum atomic E-state index is 10.9. The molecule has 29 heavy (non-hydrogen) atoms. The predicted octanol–water partition coefficient (Wildman–Crippen LogP) is 3.67. The first-order valence-electron chi connectivity index (χ1n) is 10.1. The van der Waals surface area contributed by atoms with E-state index in [0.29, 0.717) is 19.1 Å². The molecular formula is C22H26N4O2S. The molecule has 1 aliphatic rings. The van der Waals surface area contributed by atoms with E-state index in [4.69, 9.17) is 4.74 Å². The van der Waals surface area contributed by atoms with Crippen molar-refractivity contribution in [3.8, 4) is 5.75 Å². The fourth-order valence-electron chi connectivity index (χ4n) is 3.83. The Kier molecular flexibility index (Phi) is 6.24. The molecule has 4 rings (SSSR count). The lowest BCUT2D eigenvalue weighted by atomic mass is 9.90. The van der Waals surface area contributed by atoms with Crippen LogP contribution in [0.4, 0.5) is 5.82 Å². The van der Waals surface area contributed by atoms with Crippen LogP contribution in [-0.2, 0) is 11.2 Å². The molecular weight excluding hydrogens is 384 g/mol. The van der Waals surface area contributed by atoms with Crippen molar-refractivity contribution in [3.05, 3.63) is 47.6 Å². The Labute approximate surface area is 174 Å². The maximum absolute atomic E-state index is 10.9. The van der Waals surface area contributed by atoms with Crippen LogP contribution < -0.4 is 15.0 Å². The van der Waals surface area contributed by atoms with Crippen LogP contribution in [0.1, 0.15) is 25.3 Å². The van der Waals surface area contributed by atoms with Gasteiger partial charge in [0.1, 0.15) is 29.3 Å². The van der Waals surface area contributed by atoms with Gasteiger partial charge in [-0.05, 0) is 54.3 Å². The number of nitrogens with one attached hydrogen (secondary N) is 1. The van der Waals surface area contributed by atoms with E-state index in [1.165, 1.54) is 30.7 Å². The first kappa shape index (κ1) is 19.6. The van der Waals surface area contributed by atoms with Crippen molar-refractivity contribution in [2.45, 2.75) is 26.2 Å². The number of carbonyl (C=O) groups is 1. The second-order valence-electron chi connectivity index (χ2n) is 7.45. The van der Waals surface area contributed by atoms with E-state index >= 15 is 0 Å². The van der Waals surface area contributed by atoms with E-state index in [9.17, 15) is 4.79 Å². The largest absolute Gasteiger partial charge is 0.492 e. The van der Waals surface area contributed by atoms with E-state index in [1.54, 1.807) is 17.7 Å². The molecule has 0 atom stereocenters. The van der Waals surface area contributed by atoms with Gasteiger partial charge in [-0.3, -0.25) is 4.79 Å². The van der Waals surface area contributed by atoms with Crippen LogP contribution in [0.3, 0.4) is 0 Å². The molecule has 0 spiro atoms. The van der Waals surface area contributed by atoms with Crippen molar-refractivity contribution in [1.82, 2.24) is 15.3 Å². The maximum Gasteiger partial charge on any atom is 0.216 e. The smallest absolute Gasteiger partial charge is 0.216 e. The molecule has 0 saturated carbocycles. The van der Waals surface area contributed by atoms with Crippen LogP contribution in [0.25, 0.3) is 10.2 Å². The molecule has 3 aromatic rings. The molecule has 0 aliphatic carbocycles. The van der Waals surface area contributed by atoms with Crippen LogP contribution in [0.15, 0.2) is 42.0 Å². The van der Waals surface area contributed by atoms with Gasteiger partial charge in [-0.15, -0.1) is 11.3 Å². The van der Waals surface area contributed by atoms with Crippen LogP contribution in [0, 0.1) is 5.92 Å². The fourth-order valence-corrected chi connectivity index (χ4v) is 4.56. The molecule has 6 nitrogen and oxygen atoms in total. The van der Waals surface area contributed by atoms with Gasteiger partial charge in [-0.25, -0.2) is 9.97 Å². The summed E-state index contributed by atoms with van der Waals surface area (Å²) in [6, 6.07) is 10.5. The Hall–Kier alpha value is -2.67. The zero-order chi connectivity index (χ0) is 20.1. The number of hydrogen-bond acceptors (Lipinski definition) is 6. The first-order valence-corrected chi connectivity index (χ1v) is 11.0. The average molecular weight is 411 g/mol. The van der Waals surface area contributed by atoms with Gasteiger partial charge in [-0.1, -0.05) is 12.1 Å². The third-order valence-electron chi connectivity index (χ3n) is 5.35. The van der Waals surface area contributed by atoms with Crippen molar-refractivity contribution in [2.24, 2.45) is 5.92 Å². The minimum Gasteiger partial charge on any atom is -0.492 e. The zero-order valence-corrected chi connectivity index (χ0v) is 17.5. The lowest BCUT2D eigenvalue weighted by Crippen LogP contribution is -2.35. The number of anilines is 1. The van der Waals surface area contributed by atoms with E-state index in [2.05, 4.69) is 43.8 Å². The highest BCUT2D eigenvalue weighted by Gasteiger charge is 2.22. The van der Waals surface area contributed by atoms with Crippen molar-refractivity contribution in [2.75, 3.05) is 31.1 Å². The highest BCUT2D eigenvalue weighted by molar-refractivity contribution is 7.16. The summed E-state index contributed by atoms with van der Waals surface area (Å²) in [5, 5.41) is 5.99. The third kappa shape index (κ3) is 5.03. The van der Waals surface area contributed by atoms with Gasteiger partial charge in [0.05, 0.1) is 11.9 Å². The second-order valence-corrected chi connectivity index (χ2v) is 8.34. The number of carbonyl (C=O) groups excluding carboxylic acids is 1. The molecule has 0 bridgehead atoms. The van der Waals surface area contributed by atoms with Crippen molar-refractivity contribution in [3.63, 3.8) is 0 Å². The Morgan fingerprint density at radius 3 is 2.76 bits per heavy atom. The van der Waals surface area contributed by atoms with Crippen LogP contribution in [-0.4, -0.2) is 42.1 Å². The summed E-state index contributed by atoms with van der Waals surface area (Å²) in [7, 11) is 0. The van der Waals surface area contributed by atoms with Gasteiger partial charge in [0.15, 0.2) is 0 Å². The fraction of sp³-hybridized carbons (Fsp3) is 0.409. The Morgan fingerprint density at radius 1 is 1.21 bits per heavy atom. The summed E-state index contributed by atoms with van der Waals surface area (Å²) < 4.78 is 5.66. The predicted molar refractivity (Wildman–Crippen MR) is 117 cm³/mol. The molecule has 1 fully saturated rings. The monoisotopic (exact) mass is 410 g/mol. The van der Waals surface area contributed by atoms with Crippen LogP contribution in [0.5, 0.6) is 5.75 Å². The quantitative estimate of drug-likeness (QED) is 0.602. The molecule has 3 heterocycles. The summed E-state index contributed by atoms with van der Waals surface area (Å²) in [5.41, 5.74) is 1.35. The van der Waals surface area contributed by atoms with Crippen molar-refractivity contribution < 1.29 is 9.53 Å². The number of aromatic nitrogens is 2. The highest BCUT2D eigenvalue weighted by Crippen LogP contribution is 2.30. The van der Waals surface area contributed by atoms with Gasteiger partial charge >= 0.3 is 0 Å². The molecule has 1 saturated heterocycles. The molecule has 7 heteroatoms. The SMILES string of the molecule is CC(=O)NCCOc1ccc(CC2CCN(c3ncnc4sccc34)CC2)cc1. The number of hydrogen-bond donors (Lipinski definition) is 1. The number of rotatable bonds is 7. The van der Waals surface area contributed by atoms with Crippen LogP contribution >= 0.6 is 11.3 Å². The van der Waals surface area contributed by atoms with E-state index in [1.807, 2.05) is 12.1 Å². The summed E-state index contributed by atoms with van der Waals surface area (Å²) in [5.74, 6) is 2.58. The first-order chi connectivity index (χ1) is 14.2. The van der Waals surface area contributed by atoms with E-state index in [0.717, 1.165) is 35.9 Å². The Bertz CT molecular complexity index is 949. The summed E-state index contributed by atoms with van der Waals surface area (Å²) in [4.78, 5) is 23.2. The summed E-state index contributed by atoms with van der Waals surface area (Å²) in [6.07, 6.45) is 5.12. The minimum absolute atomic E-state index is 0.0329. The van der Waals surface area contributed by atoms with E-state index in [-0.39, 0.29) is 5.91 Å². The minimum atomic E-state index is -0.0329. The topological polar surface area (TPSA) is 67.3 Å². The van der Waals surface area contributed by atoms with Gasteiger partial charge in [0, 0.05) is 20.0 Å². The van der Waals surface area contributed by atoms with Crippen molar-refractivity contribution >= 4 is 33.3 Å². The number of amides is 1. The molecule has 0 unspecified atom stereocenters.